The van der Waals surface area contributed by atoms with Gasteiger partial charge in [-0.2, -0.15) is 0 Å². The maximum Gasteiger partial charge on any atom is 0.119 e. The molecule has 0 unspecified atom stereocenters. The molecule has 18 heavy (non-hydrogen) atoms. The number of hydrogen-bond donors (Lipinski definition) is 0. The van der Waals surface area contributed by atoms with E-state index in [0.29, 0.717) is 0 Å². The zero-order valence-corrected chi connectivity index (χ0v) is 11.4. The molecule has 0 bridgehead atoms. The average Bonchev–Trinajstić information content (AvgIpc) is 2.38. The third-order valence-electron chi connectivity index (χ3n) is 3.05. The van der Waals surface area contributed by atoms with Crippen LogP contribution in [0, 0.1) is 6.07 Å². The zero-order chi connectivity index (χ0) is 13.2. The van der Waals surface area contributed by atoms with E-state index in [9.17, 15) is 0 Å². The van der Waals surface area contributed by atoms with Crippen LogP contribution in [0.15, 0.2) is 42.5 Å². The van der Waals surface area contributed by atoms with Crippen molar-refractivity contribution >= 4 is 0 Å². The van der Waals surface area contributed by atoms with Crippen LogP contribution >= 0.6 is 0 Å². The number of rotatable bonds is 2. The molecule has 0 aliphatic carbocycles. The number of methoxy groups -OCH3 is 1. The molecule has 0 saturated heterocycles. The summed E-state index contributed by atoms with van der Waals surface area (Å²) in [5.41, 5.74) is 3.73. The highest BCUT2D eigenvalue weighted by Crippen LogP contribution is 2.28. The summed E-state index contributed by atoms with van der Waals surface area (Å²) >= 11 is 0. The minimum Gasteiger partial charge on any atom is -0.497 e. The lowest BCUT2D eigenvalue weighted by molar-refractivity contribution is 0.415. The fourth-order valence-corrected chi connectivity index (χ4v) is 1.89. The van der Waals surface area contributed by atoms with Crippen LogP contribution in [0.1, 0.15) is 26.3 Å². The summed E-state index contributed by atoms with van der Waals surface area (Å²) in [4.78, 5) is 0. The molecule has 0 amide bonds. The molecule has 2 rings (SSSR count). The Morgan fingerprint density at radius 3 is 2.50 bits per heavy atom. The highest BCUT2D eigenvalue weighted by Gasteiger charge is 2.14. The summed E-state index contributed by atoms with van der Waals surface area (Å²) in [5.74, 6) is 0.877. The Labute approximate surface area is 109 Å². The van der Waals surface area contributed by atoms with Crippen LogP contribution in [0.4, 0.5) is 0 Å². The van der Waals surface area contributed by atoms with Crippen LogP contribution in [0.25, 0.3) is 11.1 Å². The van der Waals surface area contributed by atoms with Crippen molar-refractivity contribution in [1.29, 1.82) is 0 Å². The van der Waals surface area contributed by atoms with Crippen LogP contribution in [0.3, 0.4) is 0 Å². The molecule has 1 nitrogen and oxygen atoms in total. The van der Waals surface area contributed by atoms with Gasteiger partial charge in [0.1, 0.15) is 5.75 Å². The van der Waals surface area contributed by atoms with Gasteiger partial charge in [-0.3, -0.25) is 0 Å². The van der Waals surface area contributed by atoms with E-state index in [1.165, 1.54) is 5.56 Å². The average molecular weight is 239 g/mol. The molecule has 2 aromatic rings. The molecule has 1 radical (unpaired) electrons. The lowest BCUT2D eigenvalue weighted by atomic mass is 9.85. The molecular weight excluding hydrogens is 220 g/mol. The van der Waals surface area contributed by atoms with Crippen molar-refractivity contribution in [3.8, 4) is 16.9 Å². The lowest BCUT2D eigenvalue weighted by Crippen LogP contribution is -2.10. The first-order chi connectivity index (χ1) is 8.50. The summed E-state index contributed by atoms with van der Waals surface area (Å²) in [7, 11) is 1.69. The predicted molar refractivity (Wildman–Crippen MR) is 76.0 cm³/mol. The molecule has 1 heteroatoms. The van der Waals surface area contributed by atoms with E-state index in [4.69, 9.17) is 4.74 Å². The van der Waals surface area contributed by atoms with Gasteiger partial charge in [0.15, 0.2) is 0 Å². The van der Waals surface area contributed by atoms with Crippen LogP contribution in [0.5, 0.6) is 5.75 Å². The molecule has 0 saturated carbocycles. The Hall–Kier alpha value is -1.76. The molecule has 0 spiro atoms. The van der Waals surface area contributed by atoms with Crippen molar-refractivity contribution in [2.45, 2.75) is 26.2 Å². The molecule has 0 aliphatic heterocycles. The van der Waals surface area contributed by atoms with Crippen LogP contribution in [-0.4, -0.2) is 7.11 Å². The third kappa shape index (κ3) is 2.73. The van der Waals surface area contributed by atoms with Gasteiger partial charge in [0.2, 0.25) is 0 Å². The van der Waals surface area contributed by atoms with Crippen molar-refractivity contribution in [3.63, 3.8) is 0 Å². The van der Waals surface area contributed by atoms with E-state index in [1.807, 2.05) is 24.3 Å². The SMILES string of the molecule is COc1cccc(-c2[c]ccc(C(C)(C)C)c2)c1. The normalized spacial score (nSPS) is 11.3. The number of ether oxygens (including phenoxy) is 1. The van der Waals surface area contributed by atoms with Gasteiger partial charge in [0.25, 0.3) is 0 Å². The van der Waals surface area contributed by atoms with E-state index >= 15 is 0 Å². The first-order valence-corrected chi connectivity index (χ1v) is 6.17. The fraction of sp³-hybridized carbons (Fsp3) is 0.294. The summed E-state index contributed by atoms with van der Waals surface area (Å²) in [6.45, 7) is 6.66. The summed E-state index contributed by atoms with van der Waals surface area (Å²) in [6.07, 6.45) is 0. The highest BCUT2D eigenvalue weighted by molar-refractivity contribution is 5.65. The Morgan fingerprint density at radius 1 is 1.06 bits per heavy atom. The van der Waals surface area contributed by atoms with Gasteiger partial charge in [-0.25, -0.2) is 0 Å². The third-order valence-corrected chi connectivity index (χ3v) is 3.05. The van der Waals surface area contributed by atoms with E-state index in [1.54, 1.807) is 7.11 Å². The summed E-state index contributed by atoms with van der Waals surface area (Å²) < 4.78 is 5.26. The van der Waals surface area contributed by atoms with Crippen molar-refractivity contribution in [1.82, 2.24) is 0 Å². The summed E-state index contributed by atoms with van der Waals surface area (Å²) in [6, 6.07) is 17.7. The van der Waals surface area contributed by atoms with Gasteiger partial charge in [0.05, 0.1) is 7.11 Å². The van der Waals surface area contributed by atoms with Gasteiger partial charge in [-0.15, -0.1) is 0 Å². The number of hydrogen-bond acceptors (Lipinski definition) is 1. The molecule has 0 heterocycles. The van der Waals surface area contributed by atoms with Crippen LogP contribution in [0.2, 0.25) is 0 Å². The Bertz CT molecular complexity index is 535. The molecule has 0 fully saturated rings. The van der Waals surface area contributed by atoms with Gasteiger partial charge < -0.3 is 4.74 Å². The van der Waals surface area contributed by atoms with Gasteiger partial charge in [-0.05, 0) is 46.4 Å². The molecule has 0 aliphatic rings. The Kier molecular flexibility index (Phi) is 3.42. The van der Waals surface area contributed by atoms with Crippen molar-refractivity contribution in [3.05, 3.63) is 54.1 Å². The maximum absolute atomic E-state index is 5.26. The molecule has 93 valence electrons. The first-order valence-electron chi connectivity index (χ1n) is 6.17. The topological polar surface area (TPSA) is 9.23 Å². The second-order valence-corrected chi connectivity index (χ2v) is 5.47. The van der Waals surface area contributed by atoms with Gasteiger partial charge in [-0.1, -0.05) is 45.0 Å². The van der Waals surface area contributed by atoms with Crippen molar-refractivity contribution < 1.29 is 4.74 Å². The quantitative estimate of drug-likeness (QED) is 0.751. The minimum absolute atomic E-state index is 0.155. The van der Waals surface area contributed by atoms with E-state index in [-0.39, 0.29) is 5.41 Å². The van der Waals surface area contributed by atoms with Gasteiger partial charge >= 0.3 is 0 Å². The smallest absolute Gasteiger partial charge is 0.119 e. The van der Waals surface area contributed by atoms with Crippen molar-refractivity contribution in [2.75, 3.05) is 7.11 Å². The highest BCUT2D eigenvalue weighted by atomic mass is 16.5. The van der Waals surface area contributed by atoms with Crippen LogP contribution < -0.4 is 4.74 Å². The molecule has 0 N–H and O–H groups in total. The van der Waals surface area contributed by atoms with Gasteiger partial charge in [0, 0.05) is 0 Å². The monoisotopic (exact) mass is 239 g/mol. The standard InChI is InChI=1S/C17H19O/c1-17(2,3)15-9-5-7-13(11-15)14-8-6-10-16(12-14)18-4/h5-6,8-12H,1-4H3. The van der Waals surface area contributed by atoms with E-state index in [2.05, 4.69) is 45.0 Å². The first kappa shape index (κ1) is 12.7. The lowest BCUT2D eigenvalue weighted by Gasteiger charge is -2.19. The van der Waals surface area contributed by atoms with Crippen LogP contribution in [-0.2, 0) is 5.41 Å². The fourth-order valence-electron chi connectivity index (χ4n) is 1.89. The second-order valence-electron chi connectivity index (χ2n) is 5.47. The summed E-state index contributed by atoms with van der Waals surface area (Å²) in [5, 5.41) is 0. The van der Waals surface area contributed by atoms with E-state index < -0.39 is 0 Å². The molecule has 2 aromatic carbocycles. The maximum atomic E-state index is 5.26. The largest absolute Gasteiger partial charge is 0.497 e. The molecular formula is C17H19O. The zero-order valence-electron chi connectivity index (χ0n) is 11.4. The molecule has 0 aromatic heterocycles. The number of benzene rings is 2. The Balaban J connectivity index is 2.44. The van der Waals surface area contributed by atoms with Crippen molar-refractivity contribution in [2.24, 2.45) is 0 Å². The predicted octanol–water partition coefficient (Wildman–Crippen LogP) is 4.46. The molecule has 0 atom stereocenters. The minimum atomic E-state index is 0.155. The second kappa shape index (κ2) is 4.85. The Morgan fingerprint density at radius 2 is 1.83 bits per heavy atom. The van der Waals surface area contributed by atoms with E-state index in [0.717, 1.165) is 16.9 Å².